The van der Waals surface area contributed by atoms with Gasteiger partial charge in [0.05, 0.1) is 4.90 Å². The summed E-state index contributed by atoms with van der Waals surface area (Å²) >= 11 is 0. The topological polar surface area (TPSA) is 61.7 Å². The van der Waals surface area contributed by atoms with Crippen LogP contribution in [-0.2, 0) is 11.2 Å². The van der Waals surface area contributed by atoms with E-state index in [2.05, 4.69) is 10.5 Å². The van der Waals surface area contributed by atoms with Crippen molar-refractivity contribution in [3.63, 3.8) is 0 Å². The first kappa shape index (κ1) is 19.3. The van der Waals surface area contributed by atoms with E-state index in [9.17, 15) is 13.6 Å². The third-order valence-corrected chi connectivity index (χ3v) is 5.49. The van der Waals surface area contributed by atoms with Gasteiger partial charge in [-0.3, -0.25) is 4.79 Å². The molecular formula is C17H16F2N2O2S2. The van der Waals surface area contributed by atoms with Crippen molar-refractivity contribution in [3.8, 4) is 0 Å². The van der Waals surface area contributed by atoms with Crippen LogP contribution in [0.3, 0.4) is 0 Å². The van der Waals surface area contributed by atoms with Gasteiger partial charge in [0, 0.05) is 18.7 Å². The molecule has 2 N–H and O–H groups in total. The van der Waals surface area contributed by atoms with E-state index in [1.807, 2.05) is 0 Å². The van der Waals surface area contributed by atoms with Crippen molar-refractivity contribution >= 4 is 33.2 Å². The Labute approximate surface area is 152 Å². The Kier molecular flexibility index (Phi) is 7.75. The van der Waals surface area contributed by atoms with E-state index in [1.54, 1.807) is 24.3 Å². The summed E-state index contributed by atoms with van der Waals surface area (Å²) in [6.45, 7) is 0.327. The molecule has 4 nitrogen and oxygen atoms in total. The van der Waals surface area contributed by atoms with Gasteiger partial charge in [-0.1, -0.05) is 51.0 Å². The van der Waals surface area contributed by atoms with Crippen LogP contribution < -0.4 is 5.32 Å². The first-order valence-electron chi connectivity index (χ1n) is 7.37. The summed E-state index contributed by atoms with van der Waals surface area (Å²) in [6, 6.07) is 12.2. The van der Waals surface area contributed by atoms with Crippen LogP contribution in [0.25, 0.3) is 0 Å². The Bertz CT molecular complexity index is 757. The number of hydrogen-bond donors (Lipinski definition) is 2. The van der Waals surface area contributed by atoms with E-state index in [4.69, 9.17) is 5.21 Å². The Hall–Kier alpha value is -2.06. The molecule has 2 aromatic rings. The van der Waals surface area contributed by atoms with Gasteiger partial charge < -0.3 is 10.5 Å². The second-order valence-electron chi connectivity index (χ2n) is 4.95. The van der Waals surface area contributed by atoms with Crippen LogP contribution >= 0.6 is 21.6 Å². The lowest BCUT2D eigenvalue weighted by atomic mass is 10.1. The number of hydrogen-bond acceptors (Lipinski definition) is 5. The highest BCUT2D eigenvalue weighted by atomic mass is 33.1. The molecule has 0 atom stereocenters. The number of nitrogens with zero attached hydrogens (tertiary/aromatic N) is 1. The molecule has 0 bridgehead atoms. The number of oxime groups is 1. The number of amides is 1. The lowest BCUT2D eigenvalue weighted by Gasteiger charge is -2.07. The maximum Gasteiger partial charge on any atom is 0.269 e. The minimum absolute atomic E-state index is 0.0250. The van der Waals surface area contributed by atoms with E-state index < -0.39 is 11.7 Å². The Balaban J connectivity index is 1.74. The van der Waals surface area contributed by atoms with Gasteiger partial charge in [-0.05, 0) is 29.8 Å². The van der Waals surface area contributed by atoms with E-state index in [0.29, 0.717) is 22.8 Å². The molecule has 25 heavy (non-hydrogen) atoms. The van der Waals surface area contributed by atoms with E-state index in [-0.39, 0.29) is 17.9 Å². The molecule has 0 aromatic heterocycles. The fourth-order valence-electron chi connectivity index (χ4n) is 1.93. The van der Waals surface area contributed by atoms with Gasteiger partial charge in [-0.25, -0.2) is 8.78 Å². The molecule has 0 aliphatic carbocycles. The minimum atomic E-state index is -0.525. The average molecular weight is 382 g/mol. The first-order chi connectivity index (χ1) is 12.1. The fourth-order valence-corrected chi connectivity index (χ4v) is 3.89. The zero-order chi connectivity index (χ0) is 18.1. The van der Waals surface area contributed by atoms with Gasteiger partial charge in [0.1, 0.15) is 17.3 Å². The Morgan fingerprint density at radius 2 is 1.96 bits per heavy atom. The zero-order valence-corrected chi connectivity index (χ0v) is 14.7. The van der Waals surface area contributed by atoms with Gasteiger partial charge >= 0.3 is 0 Å². The quantitative estimate of drug-likeness (QED) is 0.239. The van der Waals surface area contributed by atoms with Gasteiger partial charge in [0.25, 0.3) is 5.91 Å². The third-order valence-electron chi connectivity index (χ3n) is 3.10. The second kappa shape index (κ2) is 10.0. The molecule has 0 fully saturated rings. The molecule has 0 aliphatic heterocycles. The normalized spacial score (nSPS) is 11.4. The van der Waals surface area contributed by atoms with Crippen molar-refractivity contribution in [2.75, 3.05) is 12.3 Å². The maximum atomic E-state index is 13.4. The summed E-state index contributed by atoms with van der Waals surface area (Å²) < 4.78 is 26.6. The highest BCUT2D eigenvalue weighted by Gasteiger charge is 2.13. The second-order valence-corrected chi connectivity index (χ2v) is 7.40. The molecular weight excluding hydrogens is 366 g/mol. The lowest BCUT2D eigenvalue weighted by Crippen LogP contribution is -2.33. The summed E-state index contributed by atoms with van der Waals surface area (Å²) in [6.07, 6.45) is 0.0250. The van der Waals surface area contributed by atoms with Gasteiger partial charge in [0.2, 0.25) is 0 Å². The van der Waals surface area contributed by atoms with Crippen LogP contribution in [0, 0.1) is 11.6 Å². The fraction of sp³-hybridized carbons (Fsp3) is 0.176. The summed E-state index contributed by atoms with van der Waals surface area (Å²) in [5.74, 6) is -0.683. The predicted molar refractivity (Wildman–Crippen MR) is 97.1 cm³/mol. The van der Waals surface area contributed by atoms with Crippen LogP contribution in [0.15, 0.2) is 58.6 Å². The standard InChI is InChI=1S/C17H16F2N2O2S2/c18-13-5-3-4-12(10-13)11-15(21-23)17(22)20-8-9-24-25-16-7-2-1-6-14(16)19/h1-7,10,23H,8-9,11H2,(H,20,22)/b21-15+. The first-order valence-corrected chi connectivity index (χ1v) is 9.69. The molecule has 8 heteroatoms. The Morgan fingerprint density at radius 3 is 2.68 bits per heavy atom. The number of carbonyl (C=O) groups excluding carboxylic acids is 1. The predicted octanol–water partition coefficient (Wildman–Crippen LogP) is 3.89. The van der Waals surface area contributed by atoms with Gasteiger partial charge in [0.15, 0.2) is 0 Å². The summed E-state index contributed by atoms with van der Waals surface area (Å²) in [5, 5.41) is 14.6. The van der Waals surface area contributed by atoms with Gasteiger partial charge in [-0.2, -0.15) is 0 Å². The molecule has 132 valence electrons. The molecule has 0 unspecified atom stereocenters. The van der Waals surface area contributed by atoms with Crippen LogP contribution in [0.4, 0.5) is 8.78 Å². The summed E-state index contributed by atoms with van der Waals surface area (Å²) in [4.78, 5) is 12.5. The van der Waals surface area contributed by atoms with E-state index in [0.717, 1.165) is 0 Å². The molecule has 0 spiro atoms. The van der Waals surface area contributed by atoms with Crippen molar-refractivity contribution in [2.24, 2.45) is 5.16 Å². The third kappa shape index (κ3) is 6.39. The molecule has 0 saturated carbocycles. The van der Waals surface area contributed by atoms with Crippen molar-refractivity contribution < 1.29 is 18.8 Å². The molecule has 0 aliphatic rings. The largest absolute Gasteiger partial charge is 0.410 e. The maximum absolute atomic E-state index is 13.4. The lowest BCUT2D eigenvalue weighted by molar-refractivity contribution is -0.114. The van der Waals surface area contributed by atoms with E-state index >= 15 is 0 Å². The number of halogens is 2. The Morgan fingerprint density at radius 1 is 1.16 bits per heavy atom. The summed E-state index contributed by atoms with van der Waals surface area (Å²) in [5.41, 5.74) is 0.435. The average Bonchev–Trinajstić information content (AvgIpc) is 2.60. The zero-order valence-electron chi connectivity index (χ0n) is 13.1. The molecule has 1 amide bonds. The smallest absolute Gasteiger partial charge is 0.269 e. The van der Waals surface area contributed by atoms with Gasteiger partial charge in [-0.15, -0.1) is 0 Å². The number of rotatable bonds is 8. The summed E-state index contributed by atoms with van der Waals surface area (Å²) in [7, 11) is 2.68. The highest BCUT2D eigenvalue weighted by molar-refractivity contribution is 8.76. The van der Waals surface area contributed by atoms with E-state index in [1.165, 1.54) is 45.9 Å². The molecule has 2 rings (SSSR count). The van der Waals surface area contributed by atoms with Crippen LogP contribution in [0.5, 0.6) is 0 Å². The van der Waals surface area contributed by atoms with Crippen molar-refractivity contribution in [3.05, 3.63) is 65.7 Å². The minimum Gasteiger partial charge on any atom is -0.410 e. The number of benzene rings is 2. The van der Waals surface area contributed by atoms with Crippen LogP contribution in [0.1, 0.15) is 5.56 Å². The van der Waals surface area contributed by atoms with Crippen LogP contribution in [-0.4, -0.2) is 29.1 Å². The number of nitrogens with one attached hydrogen (secondary N) is 1. The monoisotopic (exact) mass is 382 g/mol. The molecule has 0 radical (unpaired) electrons. The van der Waals surface area contributed by atoms with Crippen molar-refractivity contribution in [2.45, 2.75) is 11.3 Å². The molecule has 0 heterocycles. The number of carbonyl (C=O) groups is 1. The SMILES string of the molecule is O=C(NCCSSc1ccccc1F)/C(Cc1cccc(F)c1)=N/O. The molecule has 2 aromatic carbocycles. The van der Waals surface area contributed by atoms with Crippen molar-refractivity contribution in [1.29, 1.82) is 0 Å². The highest BCUT2D eigenvalue weighted by Crippen LogP contribution is 2.32. The van der Waals surface area contributed by atoms with Crippen molar-refractivity contribution in [1.82, 2.24) is 5.32 Å². The molecule has 0 saturated heterocycles. The van der Waals surface area contributed by atoms with Crippen LogP contribution in [0.2, 0.25) is 0 Å².